The first-order chi connectivity index (χ1) is 18.8. The van der Waals surface area contributed by atoms with Crippen molar-refractivity contribution >= 4 is 21.0 Å². The summed E-state index contributed by atoms with van der Waals surface area (Å²) >= 11 is 0. The van der Waals surface area contributed by atoms with Gasteiger partial charge in [0.1, 0.15) is 29.9 Å². The minimum absolute atomic E-state index is 0. The summed E-state index contributed by atoms with van der Waals surface area (Å²) < 4.78 is 24.2. The number of aromatic hydroxyl groups is 2. The first-order valence-corrected chi connectivity index (χ1v) is 17.0. The fourth-order valence-corrected chi connectivity index (χ4v) is 6.22. The van der Waals surface area contributed by atoms with E-state index in [0.29, 0.717) is 49.7 Å². The van der Waals surface area contributed by atoms with Crippen LogP contribution in [0.4, 0.5) is 0 Å². The van der Waals surface area contributed by atoms with Gasteiger partial charge in [-0.25, -0.2) is 0 Å². The SMILES string of the molecule is C.CCCC(=O)CCCCCC(CN(Cc1ccccc1O)CP(=O)(O)O)N(Cc1ccccc1O)CP(=O)(O)O.[Fe+2]. The zero-order chi connectivity index (χ0) is 29.8. The molecule has 0 aliphatic carbocycles. The maximum Gasteiger partial charge on any atom is 2.00 e. The molecule has 0 aromatic heterocycles. The summed E-state index contributed by atoms with van der Waals surface area (Å²) in [5.41, 5.74) is 0.903. The number of hydrogen-bond donors (Lipinski definition) is 6. The van der Waals surface area contributed by atoms with E-state index in [0.717, 1.165) is 6.42 Å². The third kappa shape index (κ3) is 16.3. The Morgan fingerprint density at radius 2 is 1.31 bits per heavy atom. The number of phenols is 2. The minimum atomic E-state index is -4.56. The summed E-state index contributed by atoms with van der Waals surface area (Å²) in [5.74, 6) is 0.123. The van der Waals surface area contributed by atoms with Crippen LogP contribution in [-0.4, -0.2) is 70.5 Å². The van der Waals surface area contributed by atoms with E-state index in [4.69, 9.17) is 0 Å². The van der Waals surface area contributed by atoms with Gasteiger partial charge in [0.2, 0.25) is 0 Å². The molecule has 0 spiro atoms. The number of benzene rings is 2. The molecule has 2 aromatic rings. The fraction of sp³-hybridized carbons (Fsp3) is 0.536. The Labute approximate surface area is 259 Å². The van der Waals surface area contributed by atoms with Gasteiger partial charge in [-0.05, 0) is 31.4 Å². The summed E-state index contributed by atoms with van der Waals surface area (Å²) in [6.07, 6.45) is 2.94. The number of phenolic OH excluding ortho intramolecular Hbond substituents is 2. The van der Waals surface area contributed by atoms with Gasteiger partial charge in [-0.15, -0.1) is 0 Å². The number of nitrogens with zero attached hydrogens (tertiary/aromatic N) is 2. The van der Waals surface area contributed by atoms with Crippen molar-refractivity contribution < 1.29 is 60.8 Å². The van der Waals surface area contributed by atoms with Crippen LogP contribution in [0.15, 0.2) is 48.5 Å². The van der Waals surface area contributed by atoms with Crippen molar-refractivity contribution in [3.63, 3.8) is 0 Å². The molecule has 0 saturated carbocycles. The number of para-hydroxylation sites is 2. The second-order valence-electron chi connectivity index (χ2n) is 10.2. The number of unbranched alkanes of at least 4 members (excludes halogenated alkanes) is 2. The molecule has 14 heteroatoms. The summed E-state index contributed by atoms with van der Waals surface area (Å²) in [7, 11) is -9.10. The number of carbonyl (C=O) groups excluding carboxylic acids is 1. The second-order valence-corrected chi connectivity index (χ2v) is 13.4. The van der Waals surface area contributed by atoms with E-state index in [9.17, 15) is 43.7 Å². The second kappa shape index (κ2) is 19.7. The Kier molecular flexibility index (Phi) is 18.9. The molecule has 0 saturated heterocycles. The van der Waals surface area contributed by atoms with E-state index >= 15 is 0 Å². The molecule has 11 nitrogen and oxygen atoms in total. The standard InChI is InChI=1S/C27H42N2O9P2.CH4.Fe/c1-2-10-25(30)14-5-3-4-13-24(29(21-40(36,37)38)18-23-12-7-9-16-27(23)32)19-28(20-39(33,34)35)17-22-11-6-8-15-26(22)31;;/h6-9,11-12,15-16,24,31-32H,2-5,10,13-14,17-21H2,1H3,(H2,33,34,35)(H2,36,37,38);1H4;/q;;+2. The number of Topliss-reactive ketones (excluding diaryl/α,β-unsaturated/α-hetero) is 1. The molecule has 1 unspecified atom stereocenters. The van der Waals surface area contributed by atoms with Crippen molar-refractivity contribution in [3.8, 4) is 11.5 Å². The van der Waals surface area contributed by atoms with Crippen molar-refractivity contribution in [2.75, 3.05) is 19.1 Å². The number of rotatable bonds is 19. The van der Waals surface area contributed by atoms with Crippen molar-refractivity contribution in [2.24, 2.45) is 0 Å². The average Bonchev–Trinajstić information content (AvgIpc) is 2.84. The normalized spacial score (nSPS) is 12.5. The Bertz CT molecular complexity index is 1180. The van der Waals surface area contributed by atoms with Crippen molar-refractivity contribution in [2.45, 2.75) is 78.4 Å². The minimum Gasteiger partial charge on any atom is -0.508 e. The molecule has 0 aliphatic heterocycles. The quantitative estimate of drug-likeness (QED) is 0.0673. The van der Waals surface area contributed by atoms with Gasteiger partial charge >= 0.3 is 32.3 Å². The Morgan fingerprint density at radius 3 is 1.81 bits per heavy atom. The molecule has 0 fully saturated rings. The Hall–Kier alpha value is -1.55. The number of ketones is 1. The van der Waals surface area contributed by atoms with Gasteiger partial charge in [0, 0.05) is 49.6 Å². The molecule has 2 rings (SSSR count). The molecule has 0 aliphatic rings. The molecule has 2 aromatic carbocycles. The van der Waals surface area contributed by atoms with Gasteiger partial charge in [-0.1, -0.05) is 63.6 Å². The Morgan fingerprint density at radius 1 is 0.786 bits per heavy atom. The van der Waals surface area contributed by atoms with Crippen LogP contribution in [-0.2, 0) is 44.1 Å². The van der Waals surface area contributed by atoms with E-state index in [-0.39, 0.29) is 61.4 Å². The predicted octanol–water partition coefficient (Wildman–Crippen LogP) is 4.99. The van der Waals surface area contributed by atoms with Crippen LogP contribution in [0.3, 0.4) is 0 Å². The van der Waals surface area contributed by atoms with Crippen LogP contribution in [0.5, 0.6) is 11.5 Å². The summed E-state index contributed by atoms with van der Waals surface area (Å²) in [4.78, 5) is 54.3. The van der Waals surface area contributed by atoms with Crippen molar-refractivity contribution in [1.29, 1.82) is 0 Å². The van der Waals surface area contributed by atoms with Crippen molar-refractivity contribution in [3.05, 3.63) is 59.7 Å². The van der Waals surface area contributed by atoms with Gasteiger partial charge in [0.25, 0.3) is 0 Å². The summed E-state index contributed by atoms with van der Waals surface area (Å²) in [6, 6.07) is 12.3. The van der Waals surface area contributed by atoms with E-state index in [1.54, 1.807) is 36.4 Å². The smallest absolute Gasteiger partial charge is 0.508 e. The maximum atomic E-state index is 12.2. The number of hydrogen-bond acceptors (Lipinski definition) is 7. The summed E-state index contributed by atoms with van der Waals surface area (Å²) in [5, 5.41) is 20.6. The Balaban J connectivity index is 0.00000840. The third-order valence-electron chi connectivity index (χ3n) is 6.51. The van der Waals surface area contributed by atoms with Gasteiger partial charge < -0.3 is 29.8 Å². The topological polar surface area (TPSA) is 179 Å². The largest absolute Gasteiger partial charge is 2.00 e. The molecule has 238 valence electrons. The zero-order valence-corrected chi connectivity index (χ0v) is 26.1. The van der Waals surface area contributed by atoms with E-state index in [1.165, 1.54) is 21.9 Å². The first kappa shape index (κ1) is 40.4. The monoisotopic (exact) mass is 672 g/mol. The number of carbonyl (C=O) groups is 1. The third-order valence-corrected chi connectivity index (χ3v) is 8.01. The fourth-order valence-electron chi connectivity index (χ4n) is 4.68. The van der Waals surface area contributed by atoms with Crippen LogP contribution in [0.25, 0.3) is 0 Å². The van der Waals surface area contributed by atoms with E-state index in [2.05, 4.69) is 0 Å². The molecule has 0 amide bonds. The van der Waals surface area contributed by atoms with E-state index in [1.807, 2.05) is 6.92 Å². The van der Waals surface area contributed by atoms with Crippen LogP contribution in [0, 0.1) is 0 Å². The van der Waals surface area contributed by atoms with Gasteiger partial charge in [0.15, 0.2) is 0 Å². The molecule has 0 heterocycles. The average molecular weight is 672 g/mol. The zero-order valence-electron chi connectivity index (χ0n) is 23.2. The molecule has 6 N–H and O–H groups in total. The van der Waals surface area contributed by atoms with Gasteiger partial charge in [-0.3, -0.25) is 23.7 Å². The maximum absolute atomic E-state index is 12.2. The van der Waals surface area contributed by atoms with Crippen molar-refractivity contribution in [1.82, 2.24) is 9.80 Å². The summed E-state index contributed by atoms with van der Waals surface area (Å²) in [6.45, 7) is 1.97. The molecular weight excluding hydrogens is 626 g/mol. The van der Waals surface area contributed by atoms with Gasteiger partial charge in [0.05, 0.1) is 0 Å². The van der Waals surface area contributed by atoms with Gasteiger partial charge in [-0.2, -0.15) is 0 Å². The molecule has 42 heavy (non-hydrogen) atoms. The first-order valence-electron chi connectivity index (χ1n) is 13.4. The predicted molar refractivity (Wildman–Crippen MR) is 160 cm³/mol. The van der Waals surface area contributed by atoms with Crippen LogP contribution in [0.1, 0.15) is 70.4 Å². The molecule has 0 bridgehead atoms. The molecular formula is C28H46FeN2O9P2+2. The van der Waals surface area contributed by atoms with E-state index < -0.39 is 33.8 Å². The van der Waals surface area contributed by atoms with Crippen LogP contribution >= 0.6 is 15.2 Å². The molecule has 1 atom stereocenters. The molecule has 0 radical (unpaired) electrons. The van der Waals surface area contributed by atoms with Crippen LogP contribution in [0.2, 0.25) is 0 Å². The van der Waals surface area contributed by atoms with Crippen LogP contribution < -0.4 is 0 Å².